The van der Waals surface area contributed by atoms with Crippen molar-refractivity contribution in [1.82, 2.24) is 5.43 Å². The topological polar surface area (TPSA) is 71.0 Å². The molecular formula is C26H31N3O3S. The lowest BCUT2D eigenvalue weighted by atomic mass is 10.0. The zero-order valence-electron chi connectivity index (χ0n) is 19.7. The number of benzene rings is 2. The van der Waals surface area contributed by atoms with Gasteiger partial charge in [0.25, 0.3) is 0 Å². The average Bonchev–Trinajstić information content (AvgIpc) is 3.27. The molecule has 0 fully saturated rings. The smallest absolute Gasteiger partial charge is 0.240 e. The van der Waals surface area contributed by atoms with E-state index >= 15 is 0 Å². The van der Waals surface area contributed by atoms with Crippen molar-refractivity contribution in [2.45, 2.75) is 40.5 Å². The molecule has 0 atom stereocenters. The summed E-state index contributed by atoms with van der Waals surface area (Å²) in [5.74, 6) is 0.407. The van der Waals surface area contributed by atoms with Crippen molar-refractivity contribution in [1.29, 1.82) is 0 Å². The van der Waals surface area contributed by atoms with Crippen molar-refractivity contribution < 1.29 is 14.3 Å². The fourth-order valence-electron chi connectivity index (χ4n) is 3.67. The van der Waals surface area contributed by atoms with Crippen LogP contribution in [0.2, 0.25) is 0 Å². The van der Waals surface area contributed by atoms with Crippen LogP contribution in [0.4, 0.5) is 5.69 Å². The minimum atomic E-state index is -0.280. The number of fused-ring (bicyclic) bond motifs is 1. The second-order valence-electron chi connectivity index (χ2n) is 7.59. The Morgan fingerprint density at radius 2 is 1.82 bits per heavy atom. The zero-order chi connectivity index (χ0) is 23.8. The van der Waals surface area contributed by atoms with Crippen LogP contribution in [0.3, 0.4) is 0 Å². The van der Waals surface area contributed by atoms with E-state index in [-0.39, 0.29) is 24.5 Å². The first kappa shape index (κ1) is 24.5. The van der Waals surface area contributed by atoms with Crippen molar-refractivity contribution in [2.24, 2.45) is 5.10 Å². The molecule has 0 bridgehead atoms. The van der Waals surface area contributed by atoms with E-state index in [4.69, 9.17) is 4.74 Å². The number of anilines is 1. The molecule has 0 aliphatic carbocycles. The maximum atomic E-state index is 12.8. The van der Waals surface area contributed by atoms with Crippen LogP contribution < -0.4 is 15.1 Å². The predicted molar refractivity (Wildman–Crippen MR) is 137 cm³/mol. The number of thiophene rings is 1. The van der Waals surface area contributed by atoms with E-state index in [2.05, 4.69) is 35.3 Å². The number of Topliss-reactive ketones (excluding diaryl/α,β-unsaturated/α-hetero) is 1. The van der Waals surface area contributed by atoms with Gasteiger partial charge in [-0.15, -0.1) is 11.3 Å². The molecule has 0 aliphatic rings. The standard InChI is InChI=1S/C26H31N3O3S/c1-5-29(6-2)22-16-19(12-14-24(22)32-7-3)23(30)13-15-26(31)28-27-18(4)21-17-33-25-11-9-8-10-20(21)25/h8-12,14,16-17H,5-7,13,15H2,1-4H3,(H,28,31)/b27-18+. The maximum absolute atomic E-state index is 12.8. The number of nitrogens with one attached hydrogen (secondary N) is 1. The highest BCUT2D eigenvalue weighted by atomic mass is 32.1. The number of carbonyl (C=O) groups is 2. The van der Waals surface area contributed by atoms with E-state index in [1.807, 2.05) is 49.6 Å². The van der Waals surface area contributed by atoms with Gasteiger partial charge in [0, 0.05) is 52.5 Å². The van der Waals surface area contributed by atoms with Crippen LogP contribution >= 0.6 is 11.3 Å². The molecule has 1 N–H and O–H groups in total. The maximum Gasteiger partial charge on any atom is 0.240 e. The summed E-state index contributed by atoms with van der Waals surface area (Å²) >= 11 is 1.65. The highest BCUT2D eigenvalue weighted by molar-refractivity contribution is 7.17. The Bertz CT molecular complexity index is 1150. The lowest BCUT2D eigenvalue weighted by Crippen LogP contribution is -2.23. The molecule has 0 aliphatic heterocycles. The molecule has 0 unspecified atom stereocenters. The summed E-state index contributed by atoms with van der Waals surface area (Å²) in [6.07, 6.45) is 0.196. The van der Waals surface area contributed by atoms with Crippen LogP contribution in [0.5, 0.6) is 5.75 Å². The van der Waals surface area contributed by atoms with Crippen molar-refractivity contribution in [3.05, 3.63) is 59.0 Å². The van der Waals surface area contributed by atoms with Crippen molar-refractivity contribution >= 4 is 44.5 Å². The SMILES string of the molecule is CCOc1ccc(C(=O)CCC(=O)N/N=C(\C)c2csc3ccccc23)cc1N(CC)CC. The van der Waals surface area contributed by atoms with Gasteiger partial charge in [0.2, 0.25) is 5.91 Å². The third kappa shape index (κ3) is 5.99. The van der Waals surface area contributed by atoms with E-state index in [9.17, 15) is 9.59 Å². The minimum absolute atomic E-state index is 0.0772. The fraction of sp³-hybridized carbons (Fsp3) is 0.346. The lowest BCUT2D eigenvalue weighted by Gasteiger charge is -2.24. The lowest BCUT2D eigenvalue weighted by molar-refractivity contribution is -0.121. The van der Waals surface area contributed by atoms with E-state index < -0.39 is 0 Å². The van der Waals surface area contributed by atoms with Crippen LogP contribution in [0.15, 0.2) is 52.9 Å². The van der Waals surface area contributed by atoms with Gasteiger partial charge in [0.15, 0.2) is 5.78 Å². The number of hydrazone groups is 1. The average molecular weight is 466 g/mol. The minimum Gasteiger partial charge on any atom is -0.492 e. The monoisotopic (exact) mass is 465 g/mol. The Labute approximate surface area is 199 Å². The number of nitrogens with zero attached hydrogens (tertiary/aromatic N) is 2. The molecule has 2 aromatic carbocycles. The van der Waals surface area contributed by atoms with Crippen LogP contribution in [0.1, 0.15) is 56.5 Å². The van der Waals surface area contributed by atoms with E-state index in [1.54, 1.807) is 17.4 Å². The number of hydrogen-bond acceptors (Lipinski definition) is 6. The first-order valence-electron chi connectivity index (χ1n) is 11.3. The van der Waals surface area contributed by atoms with Gasteiger partial charge in [-0.05, 0) is 52.0 Å². The van der Waals surface area contributed by atoms with Gasteiger partial charge in [-0.1, -0.05) is 18.2 Å². The summed E-state index contributed by atoms with van der Waals surface area (Å²) in [7, 11) is 0. The molecule has 33 heavy (non-hydrogen) atoms. The molecule has 6 nitrogen and oxygen atoms in total. The summed E-state index contributed by atoms with van der Waals surface area (Å²) in [4.78, 5) is 27.2. The first-order valence-corrected chi connectivity index (χ1v) is 12.2. The van der Waals surface area contributed by atoms with Gasteiger partial charge >= 0.3 is 0 Å². The number of hydrogen-bond donors (Lipinski definition) is 1. The summed E-state index contributed by atoms with van der Waals surface area (Å²) in [6, 6.07) is 13.6. The molecule has 0 saturated heterocycles. The predicted octanol–water partition coefficient (Wildman–Crippen LogP) is 5.65. The zero-order valence-corrected chi connectivity index (χ0v) is 20.5. The number of ketones is 1. The van der Waals surface area contributed by atoms with Crippen LogP contribution in [-0.4, -0.2) is 37.1 Å². The third-order valence-corrected chi connectivity index (χ3v) is 6.45. The van der Waals surface area contributed by atoms with Crippen LogP contribution in [0, 0.1) is 0 Å². The summed E-state index contributed by atoms with van der Waals surface area (Å²) in [5, 5.41) is 7.41. The molecule has 1 amide bonds. The molecule has 0 radical (unpaired) electrons. The molecule has 3 rings (SSSR count). The second-order valence-corrected chi connectivity index (χ2v) is 8.50. The Kier molecular flexibility index (Phi) is 8.60. The summed E-state index contributed by atoms with van der Waals surface area (Å²) in [5.41, 5.74) is 5.82. The van der Waals surface area contributed by atoms with Gasteiger partial charge in [0.1, 0.15) is 5.75 Å². The van der Waals surface area contributed by atoms with Gasteiger partial charge in [0.05, 0.1) is 18.0 Å². The van der Waals surface area contributed by atoms with Crippen molar-refractivity contribution in [3.63, 3.8) is 0 Å². The molecule has 1 aromatic heterocycles. The van der Waals surface area contributed by atoms with Gasteiger partial charge in [-0.3, -0.25) is 9.59 Å². The molecular weight excluding hydrogens is 434 g/mol. The normalized spacial score (nSPS) is 11.5. The number of rotatable bonds is 11. The van der Waals surface area contributed by atoms with Crippen LogP contribution in [0.25, 0.3) is 10.1 Å². The largest absolute Gasteiger partial charge is 0.492 e. The van der Waals surface area contributed by atoms with E-state index in [0.717, 1.165) is 41.2 Å². The number of amides is 1. The fourth-order valence-corrected chi connectivity index (χ4v) is 4.68. The molecule has 0 spiro atoms. The summed E-state index contributed by atoms with van der Waals surface area (Å²) < 4.78 is 6.91. The van der Waals surface area contributed by atoms with Gasteiger partial charge < -0.3 is 9.64 Å². The molecule has 7 heteroatoms. The third-order valence-electron chi connectivity index (χ3n) is 5.48. The molecule has 1 heterocycles. The summed E-state index contributed by atoms with van der Waals surface area (Å²) in [6.45, 7) is 10.1. The van der Waals surface area contributed by atoms with E-state index in [1.165, 1.54) is 4.70 Å². The molecule has 174 valence electrons. The Balaban J connectivity index is 1.62. The second kappa shape index (κ2) is 11.6. The van der Waals surface area contributed by atoms with Gasteiger partial charge in [-0.2, -0.15) is 5.10 Å². The highest BCUT2D eigenvalue weighted by Crippen LogP contribution is 2.30. The van der Waals surface area contributed by atoms with Crippen LogP contribution in [-0.2, 0) is 4.79 Å². The first-order chi connectivity index (χ1) is 16.0. The number of ether oxygens (including phenoxy) is 1. The molecule has 3 aromatic rings. The quantitative estimate of drug-likeness (QED) is 0.226. The van der Waals surface area contributed by atoms with Gasteiger partial charge in [-0.25, -0.2) is 5.43 Å². The number of carbonyl (C=O) groups excluding carboxylic acids is 2. The van der Waals surface area contributed by atoms with E-state index in [0.29, 0.717) is 12.2 Å². The Morgan fingerprint density at radius 3 is 2.55 bits per heavy atom. The Morgan fingerprint density at radius 1 is 1.06 bits per heavy atom. The Hall–Kier alpha value is -3.19. The van der Waals surface area contributed by atoms with Crippen molar-refractivity contribution in [3.8, 4) is 5.75 Å². The highest BCUT2D eigenvalue weighted by Gasteiger charge is 2.15. The molecule has 0 saturated carbocycles. The van der Waals surface area contributed by atoms with Crippen molar-refractivity contribution in [2.75, 3.05) is 24.6 Å².